The maximum atomic E-state index is 11.3. The van der Waals surface area contributed by atoms with Gasteiger partial charge in [-0.05, 0) is 36.8 Å². The van der Waals surface area contributed by atoms with Crippen LogP contribution in [0.2, 0.25) is 10.0 Å². The van der Waals surface area contributed by atoms with E-state index in [1.807, 2.05) is 19.1 Å². The highest BCUT2D eigenvalue weighted by molar-refractivity contribution is 6.42. The van der Waals surface area contributed by atoms with Crippen LogP contribution in [0.3, 0.4) is 0 Å². The summed E-state index contributed by atoms with van der Waals surface area (Å²) in [6.07, 6.45) is -0.773. The molecule has 0 aromatic heterocycles. The Labute approximate surface area is 133 Å². The highest BCUT2D eigenvalue weighted by Crippen LogP contribution is 2.24. The van der Waals surface area contributed by atoms with Gasteiger partial charge >= 0.3 is 5.97 Å². The molecule has 0 heterocycles. The number of hydrogen-bond acceptors (Lipinski definition) is 2. The highest BCUT2D eigenvalue weighted by atomic mass is 35.5. The molecular weight excluding hydrogens is 311 g/mol. The zero-order valence-corrected chi connectivity index (χ0v) is 12.9. The number of aliphatic carboxylic acids is 1. The van der Waals surface area contributed by atoms with Crippen molar-refractivity contribution in [2.75, 3.05) is 0 Å². The molecule has 1 unspecified atom stereocenters. The smallest absolute Gasteiger partial charge is 0.345 e. The van der Waals surface area contributed by atoms with Crippen molar-refractivity contribution in [1.29, 1.82) is 0 Å². The third-order valence-corrected chi connectivity index (χ3v) is 3.72. The van der Waals surface area contributed by atoms with Gasteiger partial charge in [-0.2, -0.15) is 0 Å². The summed E-state index contributed by atoms with van der Waals surface area (Å²) in [7, 11) is 0. The maximum Gasteiger partial charge on any atom is 0.345 e. The van der Waals surface area contributed by atoms with E-state index in [9.17, 15) is 9.90 Å². The molecule has 2 aromatic rings. The molecule has 0 saturated heterocycles. The first kappa shape index (κ1) is 15.7. The van der Waals surface area contributed by atoms with Gasteiger partial charge in [0, 0.05) is 6.42 Å². The first-order valence-corrected chi connectivity index (χ1v) is 7.11. The minimum absolute atomic E-state index is 0.208. The lowest BCUT2D eigenvalue weighted by Gasteiger charge is -2.15. The molecule has 0 radical (unpaired) electrons. The fourth-order valence-electron chi connectivity index (χ4n) is 1.84. The van der Waals surface area contributed by atoms with Gasteiger partial charge in [0.2, 0.25) is 0 Å². The van der Waals surface area contributed by atoms with Gasteiger partial charge in [0.05, 0.1) is 10.0 Å². The first-order chi connectivity index (χ1) is 9.95. The number of carbonyl (C=O) groups is 1. The zero-order valence-electron chi connectivity index (χ0n) is 11.3. The van der Waals surface area contributed by atoms with E-state index in [0.29, 0.717) is 15.8 Å². The van der Waals surface area contributed by atoms with Crippen LogP contribution in [0.25, 0.3) is 0 Å². The Morgan fingerprint density at radius 3 is 2.38 bits per heavy atom. The van der Waals surface area contributed by atoms with Crippen LogP contribution in [0.4, 0.5) is 0 Å². The molecule has 0 bridgehead atoms. The van der Waals surface area contributed by atoms with Crippen LogP contribution in [0, 0.1) is 6.92 Å². The Hall–Kier alpha value is -1.71. The van der Waals surface area contributed by atoms with Crippen LogP contribution in [-0.2, 0) is 11.2 Å². The first-order valence-electron chi connectivity index (χ1n) is 6.36. The fourth-order valence-corrected chi connectivity index (χ4v) is 2.16. The summed E-state index contributed by atoms with van der Waals surface area (Å²) in [5.74, 6) is -0.505. The summed E-state index contributed by atoms with van der Waals surface area (Å²) in [4.78, 5) is 11.3. The standard InChI is InChI=1S/C16H14Cl2O3/c1-10-2-5-12(6-3-10)21-15(16(19)20)9-11-4-7-13(17)14(18)8-11/h2-8,15H,9H2,1H3,(H,19,20). The van der Waals surface area contributed by atoms with E-state index in [-0.39, 0.29) is 6.42 Å². The van der Waals surface area contributed by atoms with Gasteiger partial charge < -0.3 is 9.84 Å². The monoisotopic (exact) mass is 324 g/mol. The normalized spacial score (nSPS) is 12.0. The predicted molar refractivity (Wildman–Crippen MR) is 83.4 cm³/mol. The Morgan fingerprint density at radius 2 is 1.81 bits per heavy atom. The SMILES string of the molecule is Cc1ccc(OC(Cc2ccc(Cl)c(Cl)c2)C(=O)O)cc1. The molecule has 5 heteroatoms. The zero-order chi connectivity index (χ0) is 15.4. The van der Waals surface area contributed by atoms with E-state index in [0.717, 1.165) is 11.1 Å². The number of aryl methyl sites for hydroxylation is 1. The van der Waals surface area contributed by atoms with Gasteiger partial charge in [0.1, 0.15) is 5.75 Å². The van der Waals surface area contributed by atoms with E-state index < -0.39 is 12.1 Å². The number of carboxylic acid groups (broad SMARTS) is 1. The number of hydrogen-bond donors (Lipinski definition) is 1. The van der Waals surface area contributed by atoms with E-state index in [2.05, 4.69) is 0 Å². The fraction of sp³-hybridized carbons (Fsp3) is 0.188. The van der Waals surface area contributed by atoms with Crippen LogP contribution < -0.4 is 4.74 Å². The molecule has 3 nitrogen and oxygen atoms in total. The van der Waals surface area contributed by atoms with Gasteiger partial charge in [-0.1, -0.05) is 47.0 Å². The minimum Gasteiger partial charge on any atom is -0.478 e. The van der Waals surface area contributed by atoms with Gasteiger partial charge in [0.15, 0.2) is 6.10 Å². The lowest BCUT2D eigenvalue weighted by atomic mass is 10.1. The average Bonchev–Trinajstić information content (AvgIpc) is 2.44. The van der Waals surface area contributed by atoms with Crippen LogP contribution in [-0.4, -0.2) is 17.2 Å². The van der Waals surface area contributed by atoms with Crippen molar-refractivity contribution in [3.8, 4) is 5.75 Å². The Morgan fingerprint density at radius 1 is 1.14 bits per heavy atom. The van der Waals surface area contributed by atoms with Crippen molar-refractivity contribution >= 4 is 29.2 Å². The molecule has 0 aliphatic carbocycles. The number of benzene rings is 2. The molecule has 1 atom stereocenters. The lowest BCUT2D eigenvalue weighted by molar-refractivity contribution is -0.145. The minimum atomic E-state index is -1.03. The topological polar surface area (TPSA) is 46.5 Å². The molecule has 1 N–H and O–H groups in total. The van der Waals surface area contributed by atoms with Crippen molar-refractivity contribution in [1.82, 2.24) is 0 Å². The molecule has 2 rings (SSSR count). The van der Waals surface area contributed by atoms with Gasteiger partial charge in [-0.25, -0.2) is 4.79 Å². The summed E-state index contributed by atoms with van der Waals surface area (Å²) in [6, 6.07) is 12.3. The Bertz CT molecular complexity index is 638. The molecular formula is C16H14Cl2O3. The van der Waals surface area contributed by atoms with E-state index in [4.69, 9.17) is 27.9 Å². The average molecular weight is 325 g/mol. The third-order valence-electron chi connectivity index (χ3n) is 2.98. The molecule has 0 spiro atoms. The molecule has 21 heavy (non-hydrogen) atoms. The molecule has 0 aliphatic heterocycles. The number of carboxylic acids is 1. The van der Waals surface area contributed by atoms with Crippen LogP contribution in [0.5, 0.6) is 5.75 Å². The molecule has 0 aliphatic rings. The van der Waals surface area contributed by atoms with Crippen LogP contribution in [0.15, 0.2) is 42.5 Å². The molecule has 0 amide bonds. The van der Waals surface area contributed by atoms with Crippen molar-refractivity contribution in [2.45, 2.75) is 19.4 Å². The highest BCUT2D eigenvalue weighted by Gasteiger charge is 2.20. The largest absolute Gasteiger partial charge is 0.478 e. The summed E-state index contributed by atoms with van der Waals surface area (Å²) in [5, 5.41) is 10.1. The quantitative estimate of drug-likeness (QED) is 0.887. The van der Waals surface area contributed by atoms with E-state index >= 15 is 0 Å². The lowest BCUT2D eigenvalue weighted by Crippen LogP contribution is -2.29. The second-order valence-electron chi connectivity index (χ2n) is 4.71. The van der Waals surface area contributed by atoms with Gasteiger partial charge in [-0.15, -0.1) is 0 Å². The summed E-state index contributed by atoms with van der Waals surface area (Å²) < 4.78 is 5.53. The van der Waals surface area contributed by atoms with Crippen molar-refractivity contribution in [3.05, 3.63) is 63.6 Å². The van der Waals surface area contributed by atoms with E-state index in [1.165, 1.54) is 0 Å². The van der Waals surface area contributed by atoms with Gasteiger partial charge in [0.25, 0.3) is 0 Å². The van der Waals surface area contributed by atoms with Crippen LogP contribution >= 0.6 is 23.2 Å². The van der Waals surface area contributed by atoms with Crippen molar-refractivity contribution < 1.29 is 14.6 Å². The Balaban J connectivity index is 2.13. The predicted octanol–water partition coefficient (Wildman–Crippen LogP) is 4.38. The second kappa shape index (κ2) is 6.83. The number of ether oxygens (including phenoxy) is 1. The van der Waals surface area contributed by atoms with Crippen molar-refractivity contribution in [3.63, 3.8) is 0 Å². The third kappa shape index (κ3) is 4.38. The summed E-state index contributed by atoms with van der Waals surface area (Å²) in [5.41, 5.74) is 1.84. The molecule has 110 valence electrons. The summed E-state index contributed by atoms with van der Waals surface area (Å²) >= 11 is 11.8. The summed E-state index contributed by atoms with van der Waals surface area (Å²) in [6.45, 7) is 1.95. The van der Waals surface area contributed by atoms with Crippen molar-refractivity contribution in [2.24, 2.45) is 0 Å². The number of halogens is 2. The van der Waals surface area contributed by atoms with Crippen LogP contribution in [0.1, 0.15) is 11.1 Å². The molecule has 0 fully saturated rings. The molecule has 2 aromatic carbocycles. The van der Waals surface area contributed by atoms with E-state index in [1.54, 1.807) is 30.3 Å². The second-order valence-corrected chi connectivity index (χ2v) is 5.52. The van der Waals surface area contributed by atoms with Gasteiger partial charge in [-0.3, -0.25) is 0 Å². The number of rotatable bonds is 5. The Kier molecular flexibility index (Phi) is 5.10. The maximum absolute atomic E-state index is 11.3. The molecule has 0 saturated carbocycles.